The third-order valence-corrected chi connectivity index (χ3v) is 11.5. The van der Waals surface area contributed by atoms with Crippen molar-refractivity contribution in [1.29, 1.82) is 0 Å². The fourth-order valence-corrected chi connectivity index (χ4v) is 9.45. The van der Waals surface area contributed by atoms with Crippen molar-refractivity contribution in [2.24, 2.45) is 39.9 Å². The van der Waals surface area contributed by atoms with Crippen LogP contribution in [0.1, 0.15) is 120 Å². The molecule has 8 atom stereocenters. The number of hydrogen-bond donors (Lipinski definition) is 0. The molecule has 2 fully saturated rings. The number of esters is 1. The van der Waals surface area contributed by atoms with E-state index in [0.29, 0.717) is 28.1 Å². The molecule has 4 aliphatic rings. The Kier molecular flexibility index (Phi) is 6.73. The molecule has 4 aliphatic carbocycles. The maximum absolute atomic E-state index is 11.7. The normalized spacial score (nSPS) is 43.3. The van der Waals surface area contributed by atoms with Crippen molar-refractivity contribution in [1.82, 2.24) is 0 Å². The first-order chi connectivity index (χ1) is 15.4. The third kappa shape index (κ3) is 3.96. The summed E-state index contributed by atoms with van der Waals surface area (Å²) < 4.78 is 5.77. The van der Waals surface area contributed by atoms with Crippen molar-refractivity contribution in [3.05, 3.63) is 22.8 Å². The molecule has 4 rings (SSSR count). The molecule has 0 aromatic carbocycles. The topological polar surface area (TPSA) is 26.3 Å². The van der Waals surface area contributed by atoms with Crippen LogP contribution in [-0.4, -0.2) is 12.1 Å². The first kappa shape index (κ1) is 25.1. The summed E-state index contributed by atoms with van der Waals surface area (Å²) in [4.78, 5) is 11.7. The maximum atomic E-state index is 11.7. The van der Waals surface area contributed by atoms with Gasteiger partial charge >= 0.3 is 5.97 Å². The molecule has 0 radical (unpaired) electrons. The summed E-state index contributed by atoms with van der Waals surface area (Å²) in [5.41, 5.74) is 6.29. The summed E-state index contributed by atoms with van der Waals surface area (Å²) in [7, 11) is 0. The van der Waals surface area contributed by atoms with E-state index in [4.69, 9.17) is 4.74 Å². The summed E-state index contributed by atoms with van der Waals surface area (Å²) in [5, 5.41) is 0. The molecule has 0 saturated heterocycles. The van der Waals surface area contributed by atoms with Crippen LogP contribution in [0.15, 0.2) is 22.8 Å². The molecule has 0 aromatic rings. The minimum atomic E-state index is -0.109. The van der Waals surface area contributed by atoms with Crippen molar-refractivity contribution in [2.45, 2.75) is 126 Å². The van der Waals surface area contributed by atoms with Gasteiger partial charge in [0.15, 0.2) is 0 Å². The number of carbonyl (C=O) groups excluding carboxylic acids is 1. The predicted molar refractivity (Wildman–Crippen MR) is 138 cm³/mol. The molecule has 186 valence electrons. The van der Waals surface area contributed by atoms with E-state index in [1.54, 1.807) is 6.92 Å². The highest BCUT2D eigenvalue weighted by atomic mass is 16.5. The van der Waals surface area contributed by atoms with E-state index < -0.39 is 0 Å². The van der Waals surface area contributed by atoms with Crippen molar-refractivity contribution in [3.63, 3.8) is 0 Å². The number of carbonyl (C=O) groups is 1. The van der Waals surface area contributed by atoms with Gasteiger partial charge < -0.3 is 4.74 Å². The number of allylic oxidation sites excluding steroid dienone is 4. The minimum Gasteiger partial charge on any atom is -0.462 e. The molecular weight excluding hydrogens is 404 g/mol. The number of hydrogen-bond acceptors (Lipinski definition) is 2. The lowest BCUT2D eigenvalue weighted by molar-refractivity contribution is -0.155. The molecule has 0 spiro atoms. The van der Waals surface area contributed by atoms with E-state index in [-0.39, 0.29) is 12.1 Å². The first-order valence-corrected chi connectivity index (χ1v) is 14.0. The van der Waals surface area contributed by atoms with Gasteiger partial charge in [-0.2, -0.15) is 0 Å². The van der Waals surface area contributed by atoms with E-state index in [9.17, 15) is 4.79 Å². The molecule has 0 bridgehead atoms. The molecule has 2 heteroatoms. The van der Waals surface area contributed by atoms with Crippen molar-refractivity contribution in [2.75, 3.05) is 0 Å². The second-order valence-corrected chi connectivity index (χ2v) is 13.3. The second-order valence-electron chi connectivity index (χ2n) is 13.3. The van der Waals surface area contributed by atoms with Crippen LogP contribution in [-0.2, 0) is 9.53 Å². The molecule has 0 N–H and O–H groups in total. The monoisotopic (exact) mass is 454 g/mol. The standard InChI is InChI=1S/C31H50O2/c1-20(2)10-9-11-21(3)24-14-18-31(8)27-13-12-25-22(4)28(33-23(5)32)16-17-29(25,6)26(27)15-19-30(24,31)7/h10,21-22,24-25,28H,9,11-19H2,1-8H3. The summed E-state index contributed by atoms with van der Waals surface area (Å²) in [6.07, 6.45) is 15.4. The Hall–Kier alpha value is -1.05. The predicted octanol–water partition coefficient (Wildman–Crippen LogP) is 8.66. The number of fused-ring (bicyclic) bond motifs is 4. The summed E-state index contributed by atoms with van der Waals surface area (Å²) in [6, 6.07) is 0. The van der Waals surface area contributed by atoms with E-state index >= 15 is 0 Å². The maximum Gasteiger partial charge on any atom is 0.302 e. The fourth-order valence-electron chi connectivity index (χ4n) is 9.45. The van der Waals surface area contributed by atoms with E-state index in [2.05, 4.69) is 54.5 Å². The number of ether oxygens (including phenoxy) is 1. The summed E-state index contributed by atoms with van der Waals surface area (Å²) >= 11 is 0. The van der Waals surface area contributed by atoms with Crippen LogP contribution in [0.2, 0.25) is 0 Å². The van der Waals surface area contributed by atoms with Gasteiger partial charge in [0.05, 0.1) is 0 Å². The van der Waals surface area contributed by atoms with Crippen LogP contribution in [0, 0.1) is 39.9 Å². The van der Waals surface area contributed by atoms with Crippen LogP contribution in [0.5, 0.6) is 0 Å². The molecule has 0 aliphatic heterocycles. The summed E-state index contributed by atoms with van der Waals surface area (Å²) in [5.74, 6) is 2.67. The van der Waals surface area contributed by atoms with Gasteiger partial charge in [-0.1, -0.05) is 57.4 Å². The zero-order valence-corrected chi connectivity index (χ0v) is 22.9. The molecule has 0 aromatic heterocycles. The highest BCUT2D eigenvalue weighted by molar-refractivity contribution is 5.66. The van der Waals surface area contributed by atoms with Crippen LogP contribution in [0.25, 0.3) is 0 Å². The van der Waals surface area contributed by atoms with E-state index in [1.165, 1.54) is 63.4 Å². The second kappa shape index (κ2) is 8.87. The zero-order chi connectivity index (χ0) is 24.2. The van der Waals surface area contributed by atoms with E-state index in [0.717, 1.165) is 18.3 Å². The van der Waals surface area contributed by atoms with Crippen molar-refractivity contribution < 1.29 is 9.53 Å². The number of rotatable bonds is 5. The van der Waals surface area contributed by atoms with Gasteiger partial charge in [0.1, 0.15) is 6.10 Å². The Morgan fingerprint density at radius 2 is 1.76 bits per heavy atom. The van der Waals surface area contributed by atoms with Crippen molar-refractivity contribution in [3.8, 4) is 0 Å². The van der Waals surface area contributed by atoms with Gasteiger partial charge in [-0.15, -0.1) is 0 Å². The van der Waals surface area contributed by atoms with Crippen LogP contribution >= 0.6 is 0 Å². The van der Waals surface area contributed by atoms with Crippen molar-refractivity contribution >= 4 is 5.97 Å². The summed E-state index contributed by atoms with van der Waals surface area (Å²) in [6.45, 7) is 18.8. The van der Waals surface area contributed by atoms with Crippen LogP contribution in [0.4, 0.5) is 0 Å². The highest BCUT2D eigenvalue weighted by Crippen LogP contribution is 2.71. The molecule has 8 unspecified atom stereocenters. The molecule has 2 nitrogen and oxygen atoms in total. The quantitative estimate of drug-likeness (QED) is 0.307. The van der Waals surface area contributed by atoms with Gasteiger partial charge in [-0.25, -0.2) is 0 Å². The zero-order valence-electron chi connectivity index (χ0n) is 22.9. The lowest BCUT2D eigenvalue weighted by atomic mass is 9.45. The Morgan fingerprint density at radius 1 is 1.03 bits per heavy atom. The molecule has 0 heterocycles. The van der Waals surface area contributed by atoms with Gasteiger partial charge in [-0.05, 0) is 118 Å². The van der Waals surface area contributed by atoms with Crippen LogP contribution in [0.3, 0.4) is 0 Å². The minimum absolute atomic E-state index is 0.109. The highest BCUT2D eigenvalue weighted by Gasteiger charge is 2.62. The first-order valence-electron chi connectivity index (χ1n) is 14.0. The van der Waals surface area contributed by atoms with Gasteiger partial charge in [0.25, 0.3) is 0 Å². The lowest BCUT2D eigenvalue weighted by Gasteiger charge is -2.60. The average molecular weight is 455 g/mol. The largest absolute Gasteiger partial charge is 0.462 e. The lowest BCUT2D eigenvalue weighted by Crippen LogP contribution is -2.52. The molecule has 2 saturated carbocycles. The third-order valence-electron chi connectivity index (χ3n) is 11.5. The average Bonchev–Trinajstić information content (AvgIpc) is 3.01. The Labute approximate surface area is 204 Å². The molecule has 0 amide bonds. The molecule has 33 heavy (non-hydrogen) atoms. The molecular formula is C31H50O2. The Morgan fingerprint density at radius 3 is 2.42 bits per heavy atom. The van der Waals surface area contributed by atoms with Crippen LogP contribution < -0.4 is 0 Å². The Bertz CT molecular complexity index is 832. The smallest absolute Gasteiger partial charge is 0.302 e. The SMILES string of the molecule is CC(=O)OC1CCC2(C)C3=C(CCC2C1C)C1(C)CCC(C(C)CCC=C(C)C)C1(C)CC3. The van der Waals surface area contributed by atoms with E-state index in [1.807, 2.05) is 11.1 Å². The van der Waals surface area contributed by atoms with Gasteiger partial charge in [0.2, 0.25) is 0 Å². The fraction of sp³-hybridized carbons (Fsp3) is 0.839. The Balaban J connectivity index is 1.60. The van der Waals surface area contributed by atoms with Gasteiger partial charge in [0, 0.05) is 6.92 Å². The van der Waals surface area contributed by atoms with Gasteiger partial charge in [-0.3, -0.25) is 4.79 Å².